The van der Waals surface area contributed by atoms with E-state index >= 15 is 0 Å². The Morgan fingerprint density at radius 1 is 1.21 bits per heavy atom. The van der Waals surface area contributed by atoms with Crippen LogP contribution in [0.15, 0.2) is 30.3 Å². The van der Waals surface area contributed by atoms with Gasteiger partial charge in [-0.3, -0.25) is 4.79 Å². The zero-order chi connectivity index (χ0) is 14.5. The summed E-state index contributed by atoms with van der Waals surface area (Å²) < 4.78 is 36.1. The van der Waals surface area contributed by atoms with Crippen molar-refractivity contribution in [1.82, 2.24) is 5.32 Å². The first-order valence-corrected chi connectivity index (χ1v) is 6.18. The third-order valence-corrected chi connectivity index (χ3v) is 2.92. The quantitative estimate of drug-likeness (QED) is 0.874. The number of alkyl halides is 3. The molecule has 0 aliphatic rings. The molecule has 1 atom stereocenters. The first kappa shape index (κ1) is 15.5. The summed E-state index contributed by atoms with van der Waals surface area (Å²) >= 11 is 0. The smallest absolute Gasteiger partial charge is 0.347 e. The highest BCUT2D eigenvalue weighted by Gasteiger charge is 2.28. The van der Waals surface area contributed by atoms with Crippen molar-refractivity contribution in [1.29, 1.82) is 0 Å². The standard InChI is InChI=1S/C14H18F3NO/c1-10(2)12(11-6-4-3-5-7-11)8-13(19)18-9-14(15,16)17/h3-7,10,12H,8-9H2,1-2H3,(H,18,19). The predicted octanol–water partition coefficient (Wildman–Crippen LogP) is 3.49. The first-order chi connectivity index (χ1) is 8.79. The summed E-state index contributed by atoms with van der Waals surface area (Å²) in [6.45, 7) is 2.63. The van der Waals surface area contributed by atoms with E-state index in [4.69, 9.17) is 0 Å². The van der Waals surface area contributed by atoms with Crippen LogP contribution >= 0.6 is 0 Å². The molecule has 1 aromatic rings. The summed E-state index contributed by atoms with van der Waals surface area (Å²) in [5.74, 6) is -0.464. The molecule has 0 heterocycles. The van der Waals surface area contributed by atoms with E-state index < -0.39 is 18.6 Å². The molecule has 1 N–H and O–H groups in total. The zero-order valence-corrected chi connectivity index (χ0v) is 11.0. The second-order valence-electron chi connectivity index (χ2n) is 4.86. The van der Waals surface area contributed by atoms with E-state index in [-0.39, 0.29) is 18.3 Å². The Bertz CT molecular complexity index is 401. The zero-order valence-electron chi connectivity index (χ0n) is 11.0. The Balaban J connectivity index is 2.63. The van der Waals surface area contributed by atoms with Crippen LogP contribution in [0.25, 0.3) is 0 Å². The van der Waals surface area contributed by atoms with Crippen LogP contribution in [0, 0.1) is 5.92 Å². The average molecular weight is 273 g/mol. The summed E-state index contributed by atoms with van der Waals surface area (Å²) in [5.41, 5.74) is 0.972. The molecule has 0 bridgehead atoms. The van der Waals surface area contributed by atoms with E-state index in [0.717, 1.165) is 5.56 Å². The lowest BCUT2D eigenvalue weighted by Crippen LogP contribution is -2.34. The molecule has 0 aliphatic heterocycles. The maximum atomic E-state index is 12.0. The molecule has 1 unspecified atom stereocenters. The summed E-state index contributed by atoms with van der Waals surface area (Å²) in [7, 11) is 0. The fourth-order valence-corrected chi connectivity index (χ4v) is 1.91. The van der Waals surface area contributed by atoms with Gasteiger partial charge in [-0.2, -0.15) is 13.2 Å². The Labute approximate surface area is 111 Å². The van der Waals surface area contributed by atoms with E-state index in [1.54, 1.807) is 0 Å². The minimum atomic E-state index is -4.37. The Morgan fingerprint density at radius 3 is 2.26 bits per heavy atom. The molecule has 0 aliphatic carbocycles. The van der Waals surface area contributed by atoms with Crippen LogP contribution in [0.3, 0.4) is 0 Å². The van der Waals surface area contributed by atoms with Crippen molar-refractivity contribution in [3.63, 3.8) is 0 Å². The van der Waals surface area contributed by atoms with Crippen molar-refractivity contribution in [3.05, 3.63) is 35.9 Å². The van der Waals surface area contributed by atoms with Gasteiger partial charge in [-0.05, 0) is 17.4 Å². The van der Waals surface area contributed by atoms with E-state index in [2.05, 4.69) is 0 Å². The van der Waals surface area contributed by atoms with Crippen molar-refractivity contribution in [3.8, 4) is 0 Å². The van der Waals surface area contributed by atoms with Gasteiger partial charge in [0.1, 0.15) is 6.54 Å². The molecule has 1 aromatic carbocycles. The molecular weight excluding hydrogens is 255 g/mol. The van der Waals surface area contributed by atoms with Crippen molar-refractivity contribution in [2.75, 3.05) is 6.54 Å². The van der Waals surface area contributed by atoms with Crippen molar-refractivity contribution in [2.45, 2.75) is 32.4 Å². The van der Waals surface area contributed by atoms with Crippen molar-refractivity contribution in [2.24, 2.45) is 5.92 Å². The predicted molar refractivity (Wildman–Crippen MR) is 67.7 cm³/mol. The number of rotatable bonds is 5. The highest BCUT2D eigenvalue weighted by molar-refractivity contribution is 5.77. The molecule has 0 spiro atoms. The number of amides is 1. The second kappa shape index (κ2) is 6.59. The number of hydrogen-bond donors (Lipinski definition) is 1. The summed E-state index contributed by atoms with van der Waals surface area (Å²) in [6, 6.07) is 9.37. The van der Waals surface area contributed by atoms with E-state index in [1.165, 1.54) is 0 Å². The van der Waals surface area contributed by atoms with Gasteiger partial charge in [0.25, 0.3) is 0 Å². The average Bonchev–Trinajstić information content (AvgIpc) is 2.33. The summed E-state index contributed by atoms with van der Waals surface area (Å²) in [5, 5.41) is 1.91. The molecule has 1 rings (SSSR count). The Morgan fingerprint density at radius 2 is 1.79 bits per heavy atom. The number of nitrogens with one attached hydrogen (secondary N) is 1. The number of hydrogen-bond acceptors (Lipinski definition) is 1. The van der Waals surface area contributed by atoms with Gasteiger partial charge >= 0.3 is 6.18 Å². The van der Waals surface area contributed by atoms with Crippen LogP contribution in [-0.2, 0) is 4.79 Å². The monoisotopic (exact) mass is 273 g/mol. The van der Waals surface area contributed by atoms with Crippen molar-refractivity contribution >= 4 is 5.91 Å². The second-order valence-corrected chi connectivity index (χ2v) is 4.86. The SMILES string of the molecule is CC(C)C(CC(=O)NCC(F)(F)F)c1ccccc1. The fraction of sp³-hybridized carbons (Fsp3) is 0.500. The Kier molecular flexibility index (Phi) is 5.39. The van der Waals surface area contributed by atoms with Crippen LogP contribution in [0.5, 0.6) is 0 Å². The van der Waals surface area contributed by atoms with Crippen LogP contribution in [0.4, 0.5) is 13.2 Å². The largest absolute Gasteiger partial charge is 0.405 e. The van der Waals surface area contributed by atoms with E-state index in [9.17, 15) is 18.0 Å². The maximum absolute atomic E-state index is 12.0. The van der Waals surface area contributed by atoms with Crippen LogP contribution in [-0.4, -0.2) is 18.6 Å². The van der Waals surface area contributed by atoms with Gasteiger partial charge in [0.05, 0.1) is 0 Å². The molecule has 19 heavy (non-hydrogen) atoms. The van der Waals surface area contributed by atoms with Gasteiger partial charge in [0.15, 0.2) is 0 Å². The van der Waals surface area contributed by atoms with Crippen LogP contribution in [0.1, 0.15) is 31.7 Å². The van der Waals surface area contributed by atoms with Gasteiger partial charge in [-0.25, -0.2) is 0 Å². The molecule has 1 amide bonds. The lowest BCUT2D eigenvalue weighted by Gasteiger charge is -2.21. The summed E-state index contributed by atoms with van der Waals surface area (Å²) in [6.07, 6.45) is -4.30. The highest BCUT2D eigenvalue weighted by atomic mass is 19.4. The van der Waals surface area contributed by atoms with Gasteiger partial charge in [0.2, 0.25) is 5.91 Å². The lowest BCUT2D eigenvalue weighted by molar-refractivity contribution is -0.138. The molecule has 0 aromatic heterocycles. The number of halogens is 3. The van der Waals surface area contributed by atoms with Gasteiger partial charge in [-0.15, -0.1) is 0 Å². The number of carbonyl (C=O) groups excluding carboxylic acids is 1. The fourth-order valence-electron chi connectivity index (χ4n) is 1.91. The molecule has 5 heteroatoms. The minimum Gasteiger partial charge on any atom is -0.347 e. The van der Waals surface area contributed by atoms with Crippen LogP contribution in [0.2, 0.25) is 0 Å². The third-order valence-electron chi connectivity index (χ3n) is 2.92. The molecule has 106 valence electrons. The molecule has 0 saturated heterocycles. The first-order valence-electron chi connectivity index (χ1n) is 6.18. The van der Waals surface area contributed by atoms with Gasteiger partial charge in [-0.1, -0.05) is 44.2 Å². The molecular formula is C14H18F3NO. The normalized spacial score (nSPS) is 13.4. The van der Waals surface area contributed by atoms with Gasteiger partial charge < -0.3 is 5.32 Å². The molecule has 0 saturated carbocycles. The lowest BCUT2D eigenvalue weighted by atomic mass is 9.85. The van der Waals surface area contributed by atoms with E-state index in [1.807, 2.05) is 49.5 Å². The van der Waals surface area contributed by atoms with Gasteiger partial charge in [0, 0.05) is 6.42 Å². The Hall–Kier alpha value is -1.52. The van der Waals surface area contributed by atoms with E-state index in [0.29, 0.717) is 0 Å². The van der Waals surface area contributed by atoms with Crippen molar-refractivity contribution < 1.29 is 18.0 Å². The highest BCUT2D eigenvalue weighted by Crippen LogP contribution is 2.27. The summed E-state index contributed by atoms with van der Waals surface area (Å²) in [4.78, 5) is 11.6. The number of carbonyl (C=O) groups is 1. The molecule has 0 fully saturated rings. The minimum absolute atomic E-state index is 0.0672. The topological polar surface area (TPSA) is 29.1 Å². The molecule has 2 nitrogen and oxygen atoms in total. The number of benzene rings is 1. The van der Waals surface area contributed by atoms with Crippen LogP contribution < -0.4 is 5.32 Å². The molecule has 0 radical (unpaired) electrons. The maximum Gasteiger partial charge on any atom is 0.405 e. The third kappa shape index (κ3) is 5.77.